The number of nitro groups is 1. The summed E-state index contributed by atoms with van der Waals surface area (Å²) in [4.78, 5) is 34.1. The molecular weight excluding hydrogens is 402 g/mol. The quantitative estimate of drug-likeness (QED) is 0.385. The molecule has 3 rings (SSSR count). The molecule has 26 heavy (non-hydrogen) atoms. The van der Waals surface area contributed by atoms with Crippen LogP contribution in [0.5, 0.6) is 0 Å². The van der Waals surface area contributed by atoms with Crippen LogP contribution in [0.15, 0.2) is 47.1 Å². The highest BCUT2D eigenvalue weighted by atomic mass is 79.9. The highest BCUT2D eigenvalue weighted by Gasteiger charge is 2.14. The van der Waals surface area contributed by atoms with Crippen LogP contribution in [0.1, 0.15) is 15.9 Å². The average Bonchev–Trinajstić information content (AvgIpc) is 2.93. The Bertz CT molecular complexity index is 1040. The lowest BCUT2D eigenvalue weighted by atomic mass is 10.2. The van der Waals surface area contributed by atoms with Gasteiger partial charge in [0.15, 0.2) is 6.29 Å². The van der Waals surface area contributed by atoms with Crippen molar-refractivity contribution in [2.24, 2.45) is 0 Å². The van der Waals surface area contributed by atoms with E-state index >= 15 is 0 Å². The number of aldehydes is 1. The molecule has 0 bridgehead atoms. The molecule has 0 aliphatic rings. The second-order valence-corrected chi connectivity index (χ2v) is 6.71. The Hall–Kier alpha value is -3.00. The van der Waals surface area contributed by atoms with Gasteiger partial charge in [0.05, 0.1) is 10.6 Å². The Kier molecular flexibility index (Phi) is 4.85. The lowest BCUT2D eigenvalue weighted by Crippen LogP contribution is -2.19. The minimum atomic E-state index is -0.511. The number of amides is 1. The van der Waals surface area contributed by atoms with Crippen molar-refractivity contribution in [1.29, 1.82) is 0 Å². The van der Waals surface area contributed by atoms with Crippen molar-refractivity contribution in [3.8, 4) is 0 Å². The van der Waals surface area contributed by atoms with Gasteiger partial charge in [-0.2, -0.15) is 0 Å². The second kappa shape index (κ2) is 7.09. The summed E-state index contributed by atoms with van der Waals surface area (Å²) in [6, 6.07) is 9.76. The van der Waals surface area contributed by atoms with E-state index in [-0.39, 0.29) is 18.1 Å². The molecule has 1 aromatic heterocycles. The summed E-state index contributed by atoms with van der Waals surface area (Å²) in [6.07, 6.45) is 2.36. The van der Waals surface area contributed by atoms with Gasteiger partial charge < -0.3 is 9.88 Å². The molecule has 0 saturated carbocycles. The number of carbonyl (C=O) groups excluding carboxylic acids is 2. The summed E-state index contributed by atoms with van der Waals surface area (Å²) in [5.74, 6) is -0.342. The van der Waals surface area contributed by atoms with E-state index < -0.39 is 4.92 Å². The molecule has 1 amide bonds. The summed E-state index contributed by atoms with van der Waals surface area (Å²) < 4.78 is 2.51. The van der Waals surface area contributed by atoms with Gasteiger partial charge in [-0.05, 0) is 30.7 Å². The summed E-state index contributed by atoms with van der Waals surface area (Å²) in [6.45, 7) is 1.74. The van der Waals surface area contributed by atoms with E-state index in [1.54, 1.807) is 23.8 Å². The third-order valence-corrected chi connectivity index (χ3v) is 4.51. The molecule has 0 atom stereocenters. The number of aromatic nitrogens is 1. The first-order valence-corrected chi connectivity index (χ1v) is 8.47. The van der Waals surface area contributed by atoms with Crippen LogP contribution in [0.2, 0.25) is 0 Å². The number of fused-ring (bicyclic) bond motifs is 1. The monoisotopic (exact) mass is 415 g/mol. The Labute approximate surface area is 156 Å². The van der Waals surface area contributed by atoms with Gasteiger partial charge in [-0.1, -0.05) is 22.0 Å². The Morgan fingerprint density at radius 3 is 2.77 bits per heavy atom. The maximum atomic E-state index is 12.4. The van der Waals surface area contributed by atoms with Crippen LogP contribution in [0.4, 0.5) is 11.4 Å². The standard InChI is InChI=1S/C18H14BrN3O4/c1-11-2-4-14(22(25)26)7-16(11)20-18(24)9-21-8-12(10-23)15-6-13(19)3-5-17(15)21/h2-8,10H,9H2,1H3,(H,20,24). The first-order chi connectivity index (χ1) is 12.4. The number of carbonyl (C=O) groups is 2. The topological polar surface area (TPSA) is 94.2 Å². The number of nitro benzene ring substituents is 1. The van der Waals surface area contributed by atoms with E-state index in [2.05, 4.69) is 21.2 Å². The molecule has 8 heteroatoms. The number of nitrogens with zero attached hydrogens (tertiary/aromatic N) is 2. The molecule has 0 aliphatic carbocycles. The van der Waals surface area contributed by atoms with Gasteiger partial charge in [0.25, 0.3) is 5.69 Å². The molecule has 132 valence electrons. The zero-order valence-corrected chi connectivity index (χ0v) is 15.3. The summed E-state index contributed by atoms with van der Waals surface area (Å²) >= 11 is 3.37. The number of anilines is 1. The van der Waals surface area contributed by atoms with Gasteiger partial charge in [0.2, 0.25) is 5.91 Å². The van der Waals surface area contributed by atoms with Crippen LogP contribution in [-0.4, -0.2) is 21.7 Å². The largest absolute Gasteiger partial charge is 0.337 e. The minimum absolute atomic E-state index is 0.0197. The fourth-order valence-corrected chi connectivity index (χ4v) is 3.09. The predicted octanol–water partition coefficient (Wildman–Crippen LogP) is 4.07. The molecule has 3 aromatic rings. The molecule has 0 saturated heterocycles. The third-order valence-electron chi connectivity index (χ3n) is 4.02. The van der Waals surface area contributed by atoms with Crippen LogP contribution < -0.4 is 5.32 Å². The van der Waals surface area contributed by atoms with Gasteiger partial charge in [0.1, 0.15) is 6.54 Å². The average molecular weight is 416 g/mol. The number of hydrogen-bond donors (Lipinski definition) is 1. The number of rotatable bonds is 5. The van der Waals surface area contributed by atoms with E-state index in [4.69, 9.17) is 0 Å². The molecule has 0 unspecified atom stereocenters. The highest BCUT2D eigenvalue weighted by Crippen LogP contribution is 2.25. The number of aryl methyl sites for hydroxylation is 1. The molecule has 0 spiro atoms. The van der Waals surface area contributed by atoms with E-state index in [9.17, 15) is 19.7 Å². The van der Waals surface area contributed by atoms with Crippen LogP contribution in [0.3, 0.4) is 0 Å². The van der Waals surface area contributed by atoms with Crippen molar-refractivity contribution in [2.75, 3.05) is 5.32 Å². The van der Waals surface area contributed by atoms with Crippen molar-refractivity contribution in [3.05, 3.63) is 68.3 Å². The molecule has 1 heterocycles. The maximum Gasteiger partial charge on any atom is 0.271 e. The highest BCUT2D eigenvalue weighted by molar-refractivity contribution is 9.10. The molecule has 7 nitrogen and oxygen atoms in total. The molecule has 1 N–H and O–H groups in total. The molecule has 0 fully saturated rings. The van der Waals surface area contributed by atoms with Crippen molar-refractivity contribution < 1.29 is 14.5 Å². The van der Waals surface area contributed by atoms with Gasteiger partial charge in [-0.3, -0.25) is 19.7 Å². The van der Waals surface area contributed by atoms with Crippen LogP contribution in [0, 0.1) is 17.0 Å². The second-order valence-electron chi connectivity index (χ2n) is 5.80. The zero-order chi connectivity index (χ0) is 18.8. The Morgan fingerprint density at radius 1 is 1.31 bits per heavy atom. The molecule has 0 aliphatic heterocycles. The van der Waals surface area contributed by atoms with Crippen molar-refractivity contribution >= 4 is 50.4 Å². The fraction of sp³-hybridized carbons (Fsp3) is 0.111. The van der Waals surface area contributed by atoms with Crippen molar-refractivity contribution in [1.82, 2.24) is 4.57 Å². The SMILES string of the molecule is Cc1ccc([N+](=O)[O-])cc1NC(=O)Cn1cc(C=O)c2cc(Br)ccc21. The number of benzene rings is 2. The Morgan fingerprint density at radius 2 is 2.08 bits per heavy atom. The number of nitrogens with one attached hydrogen (secondary N) is 1. The third kappa shape index (κ3) is 3.50. The molecule has 0 radical (unpaired) electrons. The zero-order valence-electron chi connectivity index (χ0n) is 13.7. The smallest absolute Gasteiger partial charge is 0.271 e. The summed E-state index contributed by atoms with van der Waals surface area (Å²) in [7, 11) is 0. The van der Waals surface area contributed by atoms with E-state index in [1.807, 2.05) is 18.2 Å². The maximum absolute atomic E-state index is 12.4. The number of hydrogen-bond acceptors (Lipinski definition) is 4. The normalized spacial score (nSPS) is 10.7. The van der Waals surface area contributed by atoms with Gasteiger partial charge in [-0.25, -0.2) is 0 Å². The van der Waals surface area contributed by atoms with E-state index in [0.29, 0.717) is 11.3 Å². The first kappa shape index (κ1) is 17.8. The van der Waals surface area contributed by atoms with Crippen molar-refractivity contribution in [2.45, 2.75) is 13.5 Å². The van der Waals surface area contributed by atoms with Crippen LogP contribution >= 0.6 is 15.9 Å². The molecular formula is C18H14BrN3O4. The predicted molar refractivity (Wildman–Crippen MR) is 101 cm³/mol. The van der Waals surface area contributed by atoms with E-state index in [0.717, 1.165) is 27.2 Å². The lowest BCUT2D eigenvalue weighted by molar-refractivity contribution is -0.384. The minimum Gasteiger partial charge on any atom is -0.337 e. The van der Waals surface area contributed by atoms with Gasteiger partial charge in [0, 0.05) is 39.3 Å². The van der Waals surface area contributed by atoms with Crippen LogP contribution in [-0.2, 0) is 11.3 Å². The van der Waals surface area contributed by atoms with Crippen molar-refractivity contribution in [3.63, 3.8) is 0 Å². The number of non-ortho nitro benzene ring substituents is 1. The lowest BCUT2D eigenvalue weighted by Gasteiger charge is -2.10. The molecule has 2 aromatic carbocycles. The van der Waals surface area contributed by atoms with E-state index in [1.165, 1.54) is 12.1 Å². The summed E-state index contributed by atoms with van der Waals surface area (Å²) in [5.41, 5.74) is 2.25. The Balaban J connectivity index is 1.87. The first-order valence-electron chi connectivity index (χ1n) is 7.67. The van der Waals surface area contributed by atoms with Gasteiger partial charge in [-0.15, -0.1) is 0 Å². The summed E-state index contributed by atoms with van der Waals surface area (Å²) in [5, 5.41) is 14.3. The van der Waals surface area contributed by atoms with Crippen LogP contribution in [0.25, 0.3) is 10.9 Å². The van der Waals surface area contributed by atoms with Gasteiger partial charge >= 0.3 is 0 Å². The fourth-order valence-electron chi connectivity index (χ4n) is 2.72. The number of halogens is 1.